The average Bonchev–Trinajstić information content (AvgIpc) is 3.42. The maximum atomic E-state index is 14.8. The van der Waals surface area contributed by atoms with E-state index < -0.39 is 5.95 Å². The van der Waals surface area contributed by atoms with Crippen molar-refractivity contribution in [3.8, 4) is 10.6 Å². The fourth-order valence-corrected chi connectivity index (χ4v) is 4.89. The molecule has 5 heterocycles. The fraction of sp³-hybridized carbons (Fsp3) is 0.350. The predicted molar refractivity (Wildman–Crippen MR) is 110 cm³/mol. The summed E-state index contributed by atoms with van der Waals surface area (Å²) in [5.74, 6) is 0.275. The van der Waals surface area contributed by atoms with Crippen LogP contribution in [0.15, 0.2) is 30.6 Å². The molecule has 0 spiro atoms. The molecule has 0 saturated carbocycles. The molecule has 1 saturated heterocycles. The number of carbonyl (C=O) groups excluding carboxylic acids is 1. The van der Waals surface area contributed by atoms with E-state index in [4.69, 9.17) is 0 Å². The van der Waals surface area contributed by atoms with Gasteiger partial charge < -0.3 is 10.0 Å². The van der Waals surface area contributed by atoms with Gasteiger partial charge in [-0.1, -0.05) is 0 Å². The van der Waals surface area contributed by atoms with E-state index in [0.29, 0.717) is 46.9 Å². The van der Waals surface area contributed by atoms with E-state index in [9.17, 15) is 14.3 Å². The van der Waals surface area contributed by atoms with Gasteiger partial charge in [0.15, 0.2) is 0 Å². The van der Waals surface area contributed by atoms with Crippen molar-refractivity contribution in [2.75, 3.05) is 36.0 Å². The quantitative estimate of drug-likeness (QED) is 0.639. The number of fused-ring (bicyclic) bond motifs is 1. The zero-order valence-corrected chi connectivity index (χ0v) is 16.8. The number of aliphatic hydroxyl groups excluding tert-OH is 1. The molecule has 3 aromatic heterocycles. The summed E-state index contributed by atoms with van der Waals surface area (Å²) in [6, 6.07) is 5.13. The van der Waals surface area contributed by atoms with Gasteiger partial charge in [-0.3, -0.25) is 9.69 Å². The van der Waals surface area contributed by atoms with Crippen molar-refractivity contribution >= 4 is 29.0 Å². The van der Waals surface area contributed by atoms with Gasteiger partial charge in [0.2, 0.25) is 11.9 Å². The van der Waals surface area contributed by atoms with Crippen LogP contribution in [0.3, 0.4) is 0 Å². The highest BCUT2D eigenvalue weighted by atomic mass is 32.1. The molecule has 8 nitrogen and oxygen atoms in total. The van der Waals surface area contributed by atoms with Crippen LogP contribution in [0.5, 0.6) is 0 Å². The second-order valence-corrected chi connectivity index (χ2v) is 8.34. The molecule has 1 atom stereocenters. The highest BCUT2D eigenvalue weighted by Crippen LogP contribution is 2.34. The summed E-state index contributed by atoms with van der Waals surface area (Å²) in [7, 11) is 0. The van der Waals surface area contributed by atoms with E-state index in [-0.39, 0.29) is 24.0 Å². The van der Waals surface area contributed by atoms with E-state index in [0.717, 1.165) is 13.0 Å². The molecular weight excluding hydrogens is 407 g/mol. The van der Waals surface area contributed by atoms with Crippen LogP contribution in [0.1, 0.15) is 21.8 Å². The Kier molecular flexibility index (Phi) is 4.87. The van der Waals surface area contributed by atoms with Crippen LogP contribution in [0.25, 0.3) is 10.6 Å². The van der Waals surface area contributed by atoms with Crippen molar-refractivity contribution < 1.29 is 14.3 Å². The third-order valence-electron chi connectivity index (χ3n) is 5.44. The molecule has 0 aliphatic carbocycles. The highest BCUT2D eigenvalue weighted by Gasteiger charge is 2.31. The van der Waals surface area contributed by atoms with Gasteiger partial charge in [0.1, 0.15) is 15.7 Å². The largest absolute Gasteiger partial charge is 0.396 e. The maximum Gasteiger partial charge on any atom is 0.272 e. The van der Waals surface area contributed by atoms with Crippen LogP contribution >= 0.6 is 11.3 Å². The van der Waals surface area contributed by atoms with Crippen LogP contribution in [0.2, 0.25) is 0 Å². The molecular formula is C20H19FN6O2S. The smallest absolute Gasteiger partial charge is 0.272 e. The van der Waals surface area contributed by atoms with Gasteiger partial charge >= 0.3 is 0 Å². The van der Waals surface area contributed by atoms with Crippen LogP contribution in [0, 0.1) is 11.9 Å². The fourth-order valence-electron chi connectivity index (χ4n) is 3.82. The minimum Gasteiger partial charge on any atom is -0.396 e. The van der Waals surface area contributed by atoms with E-state index in [1.165, 1.54) is 16.2 Å². The Bertz CT molecular complexity index is 1090. The number of rotatable bonds is 4. The summed E-state index contributed by atoms with van der Waals surface area (Å²) in [6.07, 6.45) is 4.60. The Balaban J connectivity index is 1.41. The normalized spacial score (nSPS) is 18.7. The van der Waals surface area contributed by atoms with Crippen molar-refractivity contribution in [3.05, 3.63) is 47.1 Å². The van der Waals surface area contributed by atoms with Crippen molar-refractivity contribution in [3.63, 3.8) is 0 Å². The highest BCUT2D eigenvalue weighted by molar-refractivity contribution is 7.17. The number of halogens is 1. The maximum absolute atomic E-state index is 14.8. The molecule has 30 heavy (non-hydrogen) atoms. The summed E-state index contributed by atoms with van der Waals surface area (Å²) >= 11 is 1.17. The Hall–Kier alpha value is -2.98. The Morgan fingerprint density at radius 1 is 1.20 bits per heavy atom. The third-order valence-corrected chi connectivity index (χ3v) is 6.55. The SMILES string of the molecule is O=C1c2sc(-c3ccc(N4CCC(CO)C4)nc3F)nc2CCN1c1ncccn1. The van der Waals surface area contributed by atoms with Crippen LogP contribution in [-0.2, 0) is 6.42 Å². The van der Waals surface area contributed by atoms with E-state index in [1.54, 1.807) is 30.6 Å². The first-order valence-electron chi connectivity index (χ1n) is 9.75. The molecule has 1 N–H and O–H groups in total. The first kappa shape index (κ1) is 19.0. The number of hydrogen-bond acceptors (Lipinski definition) is 8. The van der Waals surface area contributed by atoms with E-state index in [1.807, 2.05) is 4.90 Å². The number of nitrogens with zero attached hydrogens (tertiary/aromatic N) is 6. The predicted octanol–water partition coefficient (Wildman–Crippen LogP) is 2.16. The van der Waals surface area contributed by atoms with Gasteiger partial charge in [-0.15, -0.1) is 11.3 Å². The molecule has 1 fully saturated rings. The van der Waals surface area contributed by atoms with E-state index >= 15 is 0 Å². The zero-order chi connectivity index (χ0) is 20.7. The molecule has 1 unspecified atom stereocenters. The topological polar surface area (TPSA) is 95.3 Å². The van der Waals surface area contributed by atoms with Gasteiger partial charge in [-0.2, -0.15) is 4.39 Å². The lowest BCUT2D eigenvalue weighted by Gasteiger charge is -2.23. The molecule has 1 amide bonds. The monoisotopic (exact) mass is 426 g/mol. The van der Waals surface area contributed by atoms with Gasteiger partial charge in [-0.05, 0) is 24.6 Å². The molecule has 2 aliphatic rings. The van der Waals surface area contributed by atoms with Crippen molar-refractivity contribution in [1.82, 2.24) is 19.9 Å². The van der Waals surface area contributed by atoms with Gasteiger partial charge in [-0.25, -0.2) is 19.9 Å². The molecule has 3 aromatic rings. The van der Waals surface area contributed by atoms with Gasteiger partial charge in [0.05, 0.1) is 11.3 Å². The van der Waals surface area contributed by atoms with Crippen LogP contribution < -0.4 is 9.80 Å². The first-order valence-corrected chi connectivity index (χ1v) is 10.6. The number of amides is 1. The number of pyridine rings is 1. The van der Waals surface area contributed by atoms with Crippen LogP contribution in [-0.4, -0.2) is 57.2 Å². The second-order valence-electron chi connectivity index (χ2n) is 7.34. The molecule has 10 heteroatoms. The minimum atomic E-state index is -0.609. The summed E-state index contributed by atoms with van der Waals surface area (Å²) in [6.45, 7) is 1.97. The standard InChI is InChI=1S/C20H19FN6O2S/c21-17-13(2-3-15(25-17)26-8-4-12(10-26)11-28)18-24-14-5-9-27(19(29)16(14)30-18)20-22-6-1-7-23-20/h1-3,6-7,12,28H,4-5,8-11H2. The first-order chi connectivity index (χ1) is 14.6. The Labute approximate surface area is 176 Å². The Morgan fingerprint density at radius 3 is 2.77 bits per heavy atom. The molecule has 0 radical (unpaired) electrons. The number of aromatic nitrogens is 4. The lowest BCUT2D eigenvalue weighted by Crippen LogP contribution is -2.38. The number of anilines is 2. The summed E-state index contributed by atoms with van der Waals surface area (Å²) in [5, 5.41) is 9.74. The minimum absolute atomic E-state index is 0.126. The van der Waals surface area contributed by atoms with Gasteiger partial charge in [0, 0.05) is 51.0 Å². The summed E-state index contributed by atoms with van der Waals surface area (Å²) in [4.78, 5) is 33.8. The number of aliphatic hydroxyl groups is 1. The van der Waals surface area contributed by atoms with Gasteiger partial charge in [0.25, 0.3) is 5.91 Å². The number of carbonyl (C=O) groups is 1. The molecule has 154 valence electrons. The Morgan fingerprint density at radius 2 is 2.03 bits per heavy atom. The lowest BCUT2D eigenvalue weighted by atomic mass is 10.1. The van der Waals surface area contributed by atoms with Crippen molar-refractivity contribution in [2.45, 2.75) is 12.8 Å². The van der Waals surface area contributed by atoms with E-state index in [2.05, 4.69) is 19.9 Å². The van der Waals surface area contributed by atoms with Crippen LogP contribution in [0.4, 0.5) is 16.2 Å². The number of thiazole rings is 1. The molecule has 0 bridgehead atoms. The third kappa shape index (κ3) is 3.31. The summed E-state index contributed by atoms with van der Waals surface area (Å²) in [5.41, 5.74) is 0.951. The average molecular weight is 426 g/mol. The summed E-state index contributed by atoms with van der Waals surface area (Å²) < 4.78 is 14.8. The number of hydrogen-bond donors (Lipinski definition) is 1. The molecule has 0 aromatic carbocycles. The molecule has 5 rings (SSSR count). The lowest BCUT2D eigenvalue weighted by molar-refractivity contribution is 0.0982. The zero-order valence-electron chi connectivity index (χ0n) is 16.0. The van der Waals surface area contributed by atoms with Crippen molar-refractivity contribution in [2.24, 2.45) is 5.92 Å². The van der Waals surface area contributed by atoms with Crippen molar-refractivity contribution in [1.29, 1.82) is 0 Å². The second kappa shape index (κ2) is 7.69. The molecule has 2 aliphatic heterocycles.